The lowest BCUT2D eigenvalue weighted by atomic mass is 10.0. The highest BCUT2D eigenvalue weighted by molar-refractivity contribution is 5.69. The van der Waals surface area contributed by atoms with Gasteiger partial charge in [-0.05, 0) is 26.2 Å². The smallest absolute Gasteiger partial charge is 0.305 e. The largest absolute Gasteiger partial charge is 0.466 e. The van der Waals surface area contributed by atoms with Gasteiger partial charge < -0.3 is 9.47 Å². The Balaban J connectivity index is 1.71. The molecule has 2 unspecified atom stereocenters. The van der Waals surface area contributed by atoms with E-state index in [4.69, 9.17) is 9.47 Å². The molecule has 1 aliphatic rings. The molecular formula is C17H32O3. The van der Waals surface area contributed by atoms with Crippen LogP contribution in [-0.2, 0) is 14.3 Å². The third-order valence-corrected chi connectivity index (χ3v) is 4.01. The molecule has 0 aromatic rings. The van der Waals surface area contributed by atoms with Gasteiger partial charge in [0.1, 0.15) is 0 Å². The number of ether oxygens (including phenoxy) is 2. The van der Waals surface area contributed by atoms with Crippen molar-refractivity contribution in [2.45, 2.75) is 96.7 Å². The zero-order valence-electron chi connectivity index (χ0n) is 13.4. The van der Waals surface area contributed by atoms with E-state index >= 15 is 0 Å². The van der Waals surface area contributed by atoms with Crippen LogP contribution in [0.15, 0.2) is 0 Å². The van der Waals surface area contributed by atoms with Crippen LogP contribution < -0.4 is 0 Å². The Morgan fingerprint density at radius 1 is 0.900 bits per heavy atom. The highest BCUT2D eigenvalue weighted by atomic mass is 16.6. The molecule has 3 nitrogen and oxygen atoms in total. The molecule has 20 heavy (non-hydrogen) atoms. The number of rotatable bonds is 13. The number of hydrogen-bond donors (Lipinski definition) is 0. The van der Waals surface area contributed by atoms with Crippen molar-refractivity contribution >= 4 is 5.97 Å². The van der Waals surface area contributed by atoms with Crippen LogP contribution >= 0.6 is 0 Å². The Hall–Kier alpha value is -0.570. The molecule has 0 N–H and O–H groups in total. The van der Waals surface area contributed by atoms with Gasteiger partial charge in [-0.3, -0.25) is 4.79 Å². The lowest BCUT2D eigenvalue weighted by Gasteiger charge is -2.03. The number of hydrogen-bond acceptors (Lipinski definition) is 3. The highest BCUT2D eigenvalue weighted by Gasteiger charge is 2.35. The molecule has 0 spiro atoms. The maximum Gasteiger partial charge on any atom is 0.305 e. The van der Waals surface area contributed by atoms with Gasteiger partial charge in [0.15, 0.2) is 0 Å². The van der Waals surface area contributed by atoms with Crippen LogP contribution in [0, 0.1) is 0 Å². The molecule has 0 aromatic carbocycles. The first kappa shape index (κ1) is 17.5. The molecule has 0 saturated carbocycles. The maximum atomic E-state index is 11.1. The van der Waals surface area contributed by atoms with Crippen LogP contribution in [0.25, 0.3) is 0 Å². The van der Waals surface area contributed by atoms with Gasteiger partial charge in [0.25, 0.3) is 0 Å². The first-order valence-electron chi connectivity index (χ1n) is 8.59. The van der Waals surface area contributed by atoms with Crippen LogP contribution in [0.2, 0.25) is 0 Å². The number of carbonyl (C=O) groups excluding carboxylic acids is 1. The van der Waals surface area contributed by atoms with Gasteiger partial charge in [0.2, 0.25) is 0 Å². The summed E-state index contributed by atoms with van der Waals surface area (Å²) >= 11 is 0. The topological polar surface area (TPSA) is 38.8 Å². The minimum atomic E-state index is -0.0415. The Bertz CT molecular complexity index is 253. The number of unbranched alkanes of at least 4 members (excludes halogenated alkanes) is 7. The van der Waals surface area contributed by atoms with Crippen molar-refractivity contribution in [2.24, 2.45) is 0 Å². The van der Waals surface area contributed by atoms with Crippen LogP contribution in [0.1, 0.15) is 84.5 Å². The van der Waals surface area contributed by atoms with E-state index in [0.717, 1.165) is 12.8 Å². The Morgan fingerprint density at radius 3 is 2.05 bits per heavy atom. The van der Waals surface area contributed by atoms with Crippen molar-refractivity contribution in [1.82, 2.24) is 0 Å². The zero-order chi connectivity index (χ0) is 14.6. The van der Waals surface area contributed by atoms with Crippen LogP contribution in [0.3, 0.4) is 0 Å². The summed E-state index contributed by atoms with van der Waals surface area (Å²) in [4.78, 5) is 11.1. The van der Waals surface area contributed by atoms with Crippen molar-refractivity contribution in [3.63, 3.8) is 0 Å². The molecule has 0 amide bonds. The summed E-state index contributed by atoms with van der Waals surface area (Å²) in [5.41, 5.74) is 0. The standard InChI is InChI=1S/C17H32O3/c1-3-15-16(20-15)13-11-9-7-5-6-8-10-12-14-17(18)19-4-2/h15-16H,3-14H2,1-2H3. The molecule has 1 rings (SSSR count). The molecule has 2 atom stereocenters. The normalized spacial score (nSPS) is 20.9. The third kappa shape index (κ3) is 8.57. The van der Waals surface area contributed by atoms with Gasteiger partial charge in [-0.2, -0.15) is 0 Å². The van der Waals surface area contributed by atoms with Crippen LogP contribution in [-0.4, -0.2) is 24.8 Å². The lowest BCUT2D eigenvalue weighted by molar-refractivity contribution is -0.143. The van der Waals surface area contributed by atoms with Gasteiger partial charge in [-0.15, -0.1) is 0 Å². The summed E-state index contributed by atoms with van der Waals surface area (Å²) in [5.74, 6) is -0.0415. The van der Waals surface area contributed by atoms with E-state index in [1.807, 2.05) is 6.92 Å². The fourth-order valence-corrected chi connectivity index (χ4v) is 2.70. The van der Waals surface area contributed by atoms with E-state index in [9.17, 15) is 4.79 Å². The summed E-state index contributed by atoms with van der Waals surface area (Å²) in [6.07, 6.45) is 14.2. The van der Waals surface area contributed by atoms with E-state index in [2.05, 4.69) is 6.92 Å². The predicted molar refractivity (Wildman–Crippen MR) is 81.8 cm³/mol. The van der Waals surface area contributed by atoms with Crippen molar-refractivity contribution in [2.75, 3.05) is 6.61 Å². The second kappa shape index (κ2) is 11.1. The fourth-order valence-electron chi connectivity index (χ4n) is 2.70. The molecule has 1 aliphatic heterocycles. The SMILES string of the molecule is CCOC(=O)CCCCCCCCCCC1OC1CC. The average Bonchev–Trinajstić information content (AvgIpc) is 3.20. The second-order valence-electron chi connectivity index (χ2n) is 5.79. The minimum absolute atomic E-state index is 0.0415. The summed E-state index contributed by atoms with van der Waals surface area (Å²) in [7, 11) is 0. The number of epoxide rings is 1. The van der Waals surface area contributed by atoms with E-state index < -0.39 is 0 Å². The molecule has 118 valence electrons. The first-order valence-corrected chi connectivity index (χ1v) is 8.59. The van der Waals surface area contributed by atoms with Gasteiger partial charge in [-0.1, -0.05) is 51.9 Å². The van der Waals surface area contributed by atoms with Gasteiger partial charge in [-0.25, -0.2) is 0 Å². The molecule has 0 aliphatic carbocycles. The Labute approximate surface area is 124 Å². The molecule has 1 heterocycles. The summed E-state index contributed by atoms with van der Waals surface area (Å²) in [6, 6.07) is 0. The maximum absolute atomic E-state index is 11.1. The summed E-state index contributed by atoms with van der Waals surface area (Å²) in [5, 5.41) is 0. The summed E-state index contributed by atoms with van der Waals surface area (Å²) in [6.45, 7) is 4.56. The van der Waals surface area contributed by atoms with Crippen molar-refractivity contribution in [3.8, 4) is 0 Å². The molecule has 1 saturated heterocycles. The molecule has 3 heteroatoms. The van der Waals surface area contributed by atoms with Crippen LogP contribution in [0.4, 0.5) is 0 Å². The predicted octanol–water partition coefficient (Wildman–Crippen LogP) is 4.63. The first-order chi connectivity index (χ1) is 9.77. The molecular weight excluding hydrogens is 252 g/mol. The molecule has 1 fully saturated rings. The highest BCUT2D eigenvalue weighted by Crippen LogP contribution is 2.29. The fraction of sp³-hybridized carbons (Fsp3) is 0.941. The Morgan fingerprint density at radius 2 is 1.50 bits per heavy atom. The average molecular weight is 284 g/mol. The van der Waals surface area contributed by atoms with Gasteiger partial charge in [0.05, 0.1) is 18.8 Å². The number of esters is 1. The lowest BCUT2D eigenvalue weighted by Crippen LogP contribution is -2.03. The van der Waals surface area contributed by atoms with Crippen molar-refractivity contribution in [3.05, 3.63) is 0 Å². The monoisotopic (exact) mass is 284 g/mol. The van der Waals surface area contributed by atoms with E-state index in [0.29, 0.717) is 25.2 Å². The van der Waals surface area contributed by atoms with Gasteiger partial charge in [0, 0.05) is 6.42 Å². The van der Waals surface area contributed by atoms with E-state index in [1.54, 1.807) is 0 Å². The molecule has 0 aromatic heterocycles. The van der Waals surface area contributed by atoms with Crippen molar-refractivity contribution in [1.29, 1.82) is 0 Å². The third-order valence-electron chi connectivity index (χ3n) is 4.01. The zero-order valence-corrected chi connectivity index (χ0v) is 13.4. The van der Waals surface area contributed by atoms with Crippen LogP contribution in [0.5, 0.6) is 0 Å². The molecule has 0 radical (unpaired) electrons. The van der Waals surface area contributed by atoms with E-state index in [1.165, 1.54) is 51.4 Å². The van der Waals surface area contributed by atoms with Gasteiger partial charge >= 0.3 is 5.97 Å². The minimum Gasteiger partial charge on any atom is -0.466 e. The number of carbonyl (C=O) groups is 1. The quantitative estimate of drug-likeness (QED) is 0.281. The second-order valence-corrected chi connectivity index (χ2v) is 5.79. The summed E-state index contributed by atoms with van der Waals surface area (Å²) < 4.78 is 10.4. The van der Waals surface area contributed by atoms with Crippen molar-refractivity contribution < 1.29 is 14.3 Å². The molecule has 0 bridgehead atoms. The van der Waals surface area contributed by atoms with E-state index in [-0.39, 0.29) is 5.97 Å². The Kier molecular flexibility index (Phi) is 9.73.